The van der Waals surface area contributed by atoms with Gasteiger partial charge in [0, 0.05) is 49.5 Å². The summed E-state index contributed by atoms with van der Waals surface area (Å²) in [5, 5.41) is 9.66. The summed E-state index contributed by atoms with van der Waals surface area (Å²) < 4.78 is 28.7. The number of aliphatic imine (C=N–C) groups is 1. The largest absolute Gasteiger partial charge is 0.508 e. The number of carbonyl (C=O) groups is 1. The lowest BCUT2D eigenvalue weighted by molar-refractivity contribution is 0.0628. The van der Waals surface area contributed by atoms with Crippen molar-refractivity contribution in [1.82, 2.24) is 9.80 Å². The highest BCUT2D eigenvalue weighted by Crippen LogP contribution is 2.30. The number of hydrogen-bond donors (Lipinski definition) is 2. The highest BCUT2D eigenvalue weighted by molar-refractivity contribution is 7.92. The van der Waals surface area contributed by atoms with E-state index in [0.29, 0.717) is 36.4 Å². The number of amides is 1. The molecule has 2 N–H and O–H groups in total. The van der Waals surface area contributed by atoms with Gasteiger partial charge in [-0.2, -0.15) is 0 Å². The van der Waals surface area contributed by atoms with Crippen molar-refractivity contribution in [3.05, 3.63) is 89.5 Å². The maximum atomic E-state index is 13.1. The predicted octanol–water partition coefficient (Wildman–Crippen LogP) is 4.52. The van der Waals surface area contributed by atoms with Crippen molar-refractivity contribution in [3.63, 3.8) is 0 Å². The smallest absolute Gasteiger partial charge is 0.264 e. The summed E-state index contributed by atoms with van der Waals surface area (Å²) in [7, 11) is -3.92. The number of nitrogens with zero attached hydrogens (tertiary/aromatic N) is 3. The number of anilines is 1. The molecule has 0 atom stereocenters. The molecule has 0 aromatic heterocycles. The van der Waals surface area contributed by atoms with Gasteiger partial charge in [-0.3, -0.25) is 19.4 Å². The third-order valence-electron chi connectivity index (χ3n) is 6.18. The summed E-state index contributed by atoms with van der Waals surface area (Å²) in [4.78, 5) is 21.0. The lowest BCUT2D eigenvalue weighted by Crippen LogP contribution is -2.48. The highest BCUT2D eigenvalue weighted by Gasteiger charge is 2.23. The van der Waals surface area contributed by atoms with Gasteiger partial charge in [0.25, 0.3) is 15.9 Å². The van der Waals surface area contributed by atoms with Gasteiger partial charge < -0.3 is 10.0 Å². The molecular weight excluding hydrogens is 488 g/mol. The van der Waals surface area contributed by atoms with Gasteiger partial charge in [-0.1, -0.05) is 36.4 Å². The highest BCUT2D eigenvalue weighted by atomic mass is 32.2. The second-order valence-corrected chi connectivity index (χ2v) is 10.4. The van der Waals surface area contributed by atoms with E-state index >= 15 is 0 Å². The summed E-state index contributed by atoms with van der Waals surface area (Å²) in [6, 6.07) is 18.5. The monoisotopic (exact) mass is 518 g/mol. The lowest BCUT2D eigenvalue weighted by Gasteiger charge is -2.34. The molecule has 1 saturated heterocycles. The number of piperazine rings is 1. The number of aromatic hydroxyl groups is 1. The molecule has 8 nitrogen and oxygen atoms in total. The number of para-hydroxylation sites is 1. The van der Waals surface area contributed by atoms with E-state index < -0.39 is 10.0 Å². The lowest BCUT2D eigenvalue weighted by atomic mass is 10.1. The Morgan fingerprint density at radius 1 is 1.05 bits per heavy atom. The molecule has 4 rings (SSSR count). The van der Waals surface area contributed by atoms with E-state index in [1.54, 1.807) is 65.6 Å². The molecule has 3 aromatic rings. The minimum Gasteiger partial charge on any atom is -0.508 e. The Morgan fingerprint density at radius 2 is 1.76 bits per heavy atom. The topological polar surface area (TPSA) is 102 Å². The van der Waals surface area contributed by atoms with E-state index in [2.05, 4.69) is 21.3 Å². The standard InChI is InChI=1S/C28H30N4O4S/c1-3-6-22-8-5-10-26(27(22)29-2)37(35,36)30-24-13-11-23(12-14-24)28(34)32-17-15-31(16-18-32)20-21-7-4-9-25(33)19-21/h3-14,19,30,33H,2,15-18,20H2,1H3/b6-3-. The number of rotatable bonds is 8. The fraction of sp³-hybridized carbons (Fsp3) is 0.214. The van der Waals surface area contributed by atoms with Crippen LogP contribution in [0.1, 0.15) is 28.4 Å². The Bertz CT molecular complexity index is 1410. The molecule has 0 unspecified atom stereocenters. The van der Waals surface area contributed by atoms with E-state index in [1.807, 2.05) is 19.1 Å². The number of allylic oxidation sites excluding steroid dienone is 1. The second kappa shape index (κ2) is 11.4. The maximum absolute atomic E-state index is 13.1. The van der Waals surface area contributed by atoms with E-state index in [-0.39, 0.29) is 22.2 Å². The van der Waals surface area contributed by atoms with Gasteiger partial charge in [0.1, 0.15) is 10.6 Å². The number of benzene rings is 3. The van der Waals surface area contributed by atoms with Gasteiger partial charge in [-0.05, 0) is 61.7 Å². The molecule has 1 fully saturated rings. The first-order valence-electron chi connectivity index (χ1n) is 12.0. The van der Waals surface area contributed by atoms with Crippen LogP contribution in [0, 0.1) is 0 Å². The van der Waals surface area contributed by atoms with E-state index in [4.69, 9.17) is 0 Å². The zero-order valence-electron chi connectivity index (χ0n) is 20.7. The molecule has 192 valence electrons. The van der Waals surface area contributed by atoms with Gasteiger partial charge in [0.2, 0.25) is 0 Å². The molecule has 9 heteroatoms. The maximum Gasteiger partial charge on any atom is 0.264 e. The van der Waals surface area contributed by atoms with Gasteiger partial charge in [-0.15, -0.1) is 0 Å². The third kappa shape index (κ3) is 6.25. The van der Waals surface area contributed by atoms with Crippen LogP contribution < -0.4 is 4.72 Å². The molecule has 0 saturated carbocycles. The van der Waals surface area contributed by atoms with Crippen molar-refractivity contribution in [2.75, 3.05) is 30.9 Å². The quantitative estimate of drug-likeness (QED) is 0.427. The van der Waals surface area contributed by atoms with Crippen molar-refractivity contribution >= 4 is 40.1 Å². The summed E-state index contributed by atoms with van der Waals surface area (Å²) in [5.74, 6) is 0.153. The van der Waals surface area contributed by atoms with Crippen LogP contribution in [0.2, 0.25) is 0 Å². The van der Waals surface area contributed by atoms with Crippen LogP contribution in [0.25, 0.3) is 6.08 Å². The van der Waals surface area contributed by atoms with Crippen molar-refractivity contribution in [3.8, 4) is 5.75 Å². The number of carbonyl (C=O) groups excluding carboxylic acids is 1. The molecule has 0 radical (unpaired) electrons. The molecule has 3 aromatic carbocycles. The van der Waals surface area contributed by atoms with Crippen molar-refractivity contribution in [1.29, 1.82) is 0 Å². The molecule has 0 bridgehead atoms. The average molecular weight is 519 g/mol. The fourth-order valence-electron chi connectivity index (χ4n) is 4.34. The first-order valence-corrected chi connectivity index (χ1v) is 13.4. The minimum atomic E-state index is -3.92. The summed E-state index contributed by atoms with van der Waals surface area (Å²) in [6.45, 7) is 8.72. The number of phenolic OH excluding ortho intramolecular Hbond substituents is 1. The van der Waals surface area contributed by atoms with Gasteiger partial charge >= 0.3 is 0 Å². The summed E-state index contributed by atoms with van der Waals surface area (Å²) in [6.07, 6.45) is 3.58. The molecule has 0 aliphatic carbocycles. The first kappa shape index (κ1) is 26.1. The van der Waals surface area contributed by atoms with Crippen LogP contribution in [-0.2, 0) is 16.6 Å². The first-order chi connectivity index (χ1) is 17.8. The average Bonchev–Trinajstić information content (AvgIpc) is 2.89. The molecular formula is C28H30N4O4S. The number of nitrogens with one attached hydrogen (secondary N) is 1. The summed E-state index contributed by atoms with van der Waals surface area (Å²) in [5.41, 5.74) is 2.81. The number of hydrogen-bond acceptors (Lipinski definition) is 6. The number of phenols is 1. The van der Waals surface area contributed by atoms with Crippen LogP contribution in [0.3, 0.4) is 0 Å². The van der Waals surface area contributed by atoms with E-state index in [0.717, 1.165) is 18.7 Å². The van der Waals surface area contributed by atoms with Gasteiger partial charge in [-0.25, -0.2) is 8.42 Å². The van der Waals surface area contributed by atoms with Gasteiger partial charge in [0.05, 0.1) is 5.69 Å². The van der Waals surface area contributed by atoms with Crippen LogP contribution >= 0.6 is 0 Å². The predicted molar refractivity (Wildman–Crippen MR) is 147 cm³/mol. The molecule has 1 aliphatic heterocycles. The molecule has 1 heterocycles. The Labute approximate surface area is 217 Å². The zero-order valence-corrected chi connectivity index (χ0v) is 21.5. The van der Waals surface area contributed by atoms with Crippen LogP contribution in [-0.4, -0.2) is 62.1 Å². The molecule has 1 amide bonds. The Hall–Kier alpha value is -3.95. The normalized spacial score (nSPS) is 14.6. The minimum absolute atomic E-state index is 0.0295. The fourth-order valence-corrected chi connectivity index (χ4v) is 5.59. The number of sulfonamides is 1. The molecule has 37 heavy (non-hydrogen) atoms. The molecule has 0 spiro atoms. The SMILES string of the molecule is C=Nc1c(/C=C\C)cccc1S(=O)(=O)Nc1ccc(C(=O)N2CCN(Cc3cccc(O)c3)CC2)cc1. The van der Waals surface area contributed by atoms with Crippen LogP contribution in [0.4, 0.5) is 11.4 Å². The van der Waals surface area contributed by atoms with Crippen molar-refractivity contribution < 1.29 is 18.3 Å². The van der Waals surface area contributed by atoms with E-state index in [1.165, 1.54) is 6.07 Å². The van der Waals surface area contributed by atoms with Gasteiger partial charge in [0.15, 0.2) is 0 Å². The van der Waals surface area contributed by atoms with Crippen LogP contribution in [0.15, 0.2) is 82.7 Å². The Kier molecular flexibility index (Phi) is 8.05. The second-order valence-electron chi connectivity index (χ2n) is 8.77. The van der Waals surface area contributed by atoms with Crippen LogP contribution in [0.5, 0.6) is 5.75 Å². The molecule has 1 aliphatic rings. The zero-order chi connectivity index (χ0) is 26.4. The summed E-state index contributed by atoms with van der Waals surface area (Å²) >= 11 is 0. The Balaban J connectivity index is 1.39. The Morgan fingerprint density at radius 3 is 2.41 bits per heavy atom. The van der Waals surface area contributed by atoms with Crippen molar-refractivity contribution in [2.24, 2.45) is 4.99 Å². The van der Waals surface area contributed by atoms with E-state index in [9.17, 15) is 18.3 Å². The third-order valence-corrected chi connectivity index (χ3v) is 7.60. The van der Waals surface area contributed by atoms with Crippen molar-refractivity contribution in [2.45, 2.75) is 18.4 Å².